The number of benzene rings is 1. The first-order chi connectivity index (χ1) is 10.2. The molecule has 6 nitrogen and oxygen atoms in total. The molecule has 1 aromatic heterocycles. The van der Waals surface area contributed by atoms with Gasteiger partial charge < -0.3 is 9.80 Å². The van der Waals surface area contributed by atoms with Crippen LogP contribution in [-0.4, -0.2) is 53.9 Å². The maximum Gasteiger partial charge on any atom is 0.271 e. The topological polar surface area (TPSA) is 53.4 Å². The summed E-state index contributed by atoms with van der Waals surface area (Å²) in [5.41, 5.74) is 4.48. The first-order valence-corrected chi connectivity index (χ1v) is 7.07. The maximum absolute atomic E-state index is 12.1. The molecule has 1 amide bonds. The summed E-state index contributed by atoms with van der Waals surface area (Å²) in [5, 5.41) is 3.95. The largest absolute Gasteiger partial charge is 0.369 e. The van der Waals surface area contributed by atoms with Crippen molar-refractivity contribution in [3.8, 4) is 0 Å². The number of carbonyl (C=O) groups is 1. The average Bonchev–Trinajstić information content (AvgIpc) is 3.01. The molecular weight excluding hydrogens is 266 g/mol. The van der Waals surface area contributed by atoms with Crippen molar-refractivity contribution in [1.29, 1.82) is 0 Å². The van der Waals surface area contributed by atoms with Crippen LogP contribution in [0.3, 0.4) is 0 Å². The molecule has 2 aromatic rings. The molecule has 21 heavy (non-hydrogen) atoms. The lowest BCUT2D eigenvalue weighted by Gasteiger charge is -2.34. The van der Waals surface area contributed by atoms with Gasteiger partial charge in [-0.2, -0.15) is 9.89 Å². The molecule has 0 bridgehead atoms. The fourth-order valence-corrected chi connectivity index (χ4v) is 2.39. The van der Waals surface area contributed by atoms with Crippen molar-refractivity contribution in [2.75, 3.05) is 43.6 Å². The number of anilines is 1. The van der Waals surface area contributed by atoms with Crippen molar-refractivity contribution in [2.45, 2.75) is 0 Å². The lowest BCUT2D eigenvalue weighted by molar-refractivity contribution is 0.100. The predicted molar refractivity (Wildman–Crippen MR) is 82.1 cm³/mol. The van der Waals surface area contributed by atoms with E-state index in [2.05, 4.69) is 27.4 Å². The molecular formula is C15H19N5O. The quantitative estimate of drug-likeness (QED) is 0.915. The van der Waals surface area contributed by atoms with Crippen LogP contribution in [0.1, 0.15) is 10.4 Å². The molecule has 0 aliphatic carbocycles. The number of amides is 1. The molecule has 0 atom stereocenters. The first-order valence-electron chi connectivity index (χ1n) is 7.07. The Hall–Kier alpha value is -2.34. The molecule has 1 aliphatic heterocycles. The van der Waals surface area contributed by atoms with Gasteiger partial charge in [0.2, 0.25) is 0 Å². The number of nitrogens with zero attached hydrogens (tertiary/aromatic N) is 4. The van der Waals surface area contributed by atoms with E-state index in [0.717, 1.165) is 26.2 Å². The monoisotopic (exact) mass is 285 g/mol. The second-order valence-electron chi connectivity index (χ2n) is 5.23. The van der Waals surface area contributed by atoms with Crippen molar-refractivity contribution >= 4 is 11.6 Å². The van der Waals surface area contributed by atoms with Gasteiger partial charge in [0.25, 0.3) is 5.91 Å². The lowest BCUT2D eigenvalue weighted by atomic mass is 10.1. The summed E-state index contributed by atoms with van der Waals surface area (Å²) < 4.78 is 0. The minimum Gasteiger partial charge on any atom is -0.369 e. The van der Waals surface area contributed by atoms with Gasteiger partial charge in [-0.05, 0) is 37.4 Å². The van der Waals surface area contributed by atoms with Gasteiger partial charge in [-0.25, -0.2) is 5.43 Å². The highest BCUT2D eigenvalue weighted by atomic mass is 16.2. The van der Waals surface area contributed by atoms with Crippen molar-refractivity contribution in [3.63, 3.8) is 0 Å². The minimum absolute atomic E-state index is 0.163. The number of carbonyl (C=O) groups excluding carboxylic acids is 1. The van der Waals surface area contributed by atoms with Crippen LogP contribution in [0.4, 0.5) is 5.69 Å². The third kappa shape index (κ3) is 3.22. The molecule has 0 radical (unpaired) electrons. The molecule has 1 aromatic carbocycles. The van der Waals surface area contributed by atoms with Crippen molar-refractivity contribution < 1.29 is 4.79 Å². The zero-order valence-corrected chi connectivity index (χ0v) is 12.1. The van der Waals surface area contributed by atoms with Crippen molar-refractivity contribution in [2.24, 2.45) is 0 Å². The Morgan fingerprint density at radius 1 is 1.14 bits per heavy atom. The van der Waals surface area contributed by atoms with E-state index < -0.39 is 0 Å². The third-order valence-corrected chi connectivity index (χ3v) is 3.72. The second kappa shape index (κ2) is 5.97. The van der Waals surface area contributed by atoms with Crippen LogP contribution >= 0.6 is 0 Å². The normalized spacial score (nSPS) is 16.0. The molecule has 1 aliphatic rings. The van der Waals surface area contributed by atoms with Crippen LogP contribution < -0.4 is 10.3 Å². The van der Waals surface area contributed by atoms with E-state index in [1.165, 1.54) is 10.5 Å². The summed E-state index contributed by atoms with van der Waals surface area (Å²) in [7, 11) is 2.14. The SMILES string of the molecule is CN1CCN(c2ccc(C(=O)Nn3cccn3)cc2)CC1. The molecule has 0 saturated carbocycles. The van der Waals surface area contributed by atoms with Crippen LogP contribution in [-0.2, 0) is 0 Å². The number of hydrogen-bond acceptors (Lipinski definition) is 4. The number of rotatable bonds is 3. The number of piperazine rings is 1. The number of aromatic nitrogens is 2. The number of hydrogen-bond donors (Lipinski definition) is 1. The Balaban J connectivity index is 1.65. The van der Waals surface area contributed by atoms with E-state index in [-0.39, 0.29) is 5.91 Å². The van der Waals surface area contributed by atoms with Crippen LogP contribution in [0, 0.1) is 0 Å². The van der Waals surface area contributed by atoms with Crippen LogP contribution in [0.15, 0.2) is 42.7 Å². The molecule has 1 saturated heterocycles. The van der Waals surface area contributed by atoms with E-state index in [9.17, 15) is 4.79 Å². The van der Waals surface area contributed by atoms with Crippen LogP contribution in [0.2, 0.25) is 0 Å². The van der Waals surface area contributed by atoms with Gasteiger partial charge in [-0.3, -0.25) is 4.79 Å². The Labute approximate surface area is 123 Å². The summed E-state index contributed by atoms with van der Waals surface area (Å²) >= 11 is 0. The first kappa shape index (κ1) is 13.6. The van der Waals surface area contributed by atoms with Gasteiger partial charge in [0.05, 0.1) is 6.20 Å². The Morgan fingerprint density at radius 2 is 1.86 bits per heavy atom. The highest BCUT2D eigenvalue weighted by Crippen LogP contribution is 2.17. The molecule has 2 heterocycles. The summed E-state index contributed by atoms with van der Waals surface area (Å²) in [6, 6.07) is 9.47. The van der Waals surface area contributed by atoms with E-state index in [1.807, 2.05) is 24.3 Å². The summed E-state index contributed by atoms with van der Waals surface area (Å²) in [6.07, 6.45) is 3.31. The highest BCUT2D eigenvalue weighted by Gasteiger charge is 2.14. The zero-order chi connectivity index (χ0) is 14.7. The molecule has 110 valence electrons. The molecule has 0 unspecified atom stereocenters. The summed E-state index contributed by atoms with van der Waals surface area (Å²) in [4.78, 5) is 18.1. The fraction of sp³-hybridized carbons (Fsp3) is 0.333. The smallest absolute Gasteiger partial charge is 0.271 e. The van der Waals surface area contributed by atoms with Gasteiger partial charge in [-0.15, -0.1) is 0 Å². The van der Waals surface area contributed by atoms with Crippen molar-refractivity contribution in [3.05, 3.63) is 48.3 Å². The Kier molecular flexibility index (Phi) is 3.87. The van der Waals surface area contributed by atoms with Crippen molar-refractivity contribution in [1.82, 2.24) is 14.8 Å². The minimum atomic E-state index is -0.163. The summed E-state index contributed by atoms with van der Waals surface area (Å²) in [6.45, 7) is 4.19. The zero-order valence-electron chi connectivity index (χ0n) is 12.1. The maximum atomic E-state index is 12.1. The molecule has 1 N–H and O–H groups in total. The fourth-order valence-electron chi connectivity index (χ4n) is 2.39. The van der Waals surface area contributed by atoms with Gasteiger partial charge in [0.15, 0.2) is 0 Å². The second-order valence-corrected chi connectivity index (χ2v) is 5.23. The standard InChI is InChI=1S/C15H19N5O/c1-18-9-11-19(12-10-18)14-5-3-13(4-6-14)15(21)17-20-8-2-7-16-20/h2-8H,9-12H2,1H3,(H,17,21). The number of likely N-dealkylation sites (N-methyl/N-ethyl adjacent to an activating group) is 1. The molecule has 0 spiro atoms. The van der Waals surface area contributed by atoms with Gasteiger partial charge in [0.1, 0.15) is 0 Å². The molecule has 6 heteroatoms. The molecule has 1 fully saturated rings. The number of nitrogens with one attached hydrogen (secondary N) is 1. The van der Waals surface area contributed by atoms with Gasteiger partial charge >= 0.3 is 0 Å². The highest BCUT2D eigenvalue weighted by molar-refractivity contribution is 6.00. The van der Waals surface area contributed by atoms with Crippen LogP contribution in [0.5, 0.6) is 0 Å². The van der Waals surface area contributed by atoms with E-state index in [1.54, 1.807) is 18.5 Å². The average molecular weight is 285 g/mol. The van der Waals surface area contributed by atoms with E-state index >= 15 is 0 Å². The third-order valence-electron chi connectivity index (χ3n) is 3.72. The van der Waals surface area contributed by atoms with Gasteiger partial charge in [-0.1, -0.05) is 0 Å². The van der Waals surface area contributed by atoms with E-state index in [4.69, 9.17) is 0 Å². The molecule has 3 rings (SSSR count). The van der Waals surface area contributed by atoms with Gasteiger partial charge in [0, 0.05) is 43.6 Å². The summed E-state index contributed by atoms with van der Waals surface area (Å²) in [5.74, 6) is -0.163. The Morgan fingerprint density at radius 3 is 2.48 bits per heavy atom. The lowest BCUT2D eigenvalue weighted by Crippen LogP contribution is -2.44. The Bertz CT molecular complexity index is 585. The van der Waals surface area contributed by atoms with Crippen LogP contribution in [0.25, 0.3) is 0 Å². The van der Waals surface area contributed by atoms with E-state index in [0.29, 0.717) is 5.56 Å². The predicted octanol–water partition coefficient (Wildman–Crippen LogP) is 1.02.